The van der Waals surface area contributed by atoms with Crippen LogP contribution in [-0.2, 0) is 12.8 Å². The second kappa shape index (κ2) is 7.10. The number of H-pyrrole nitrogens is 1. The predicted octanol–water partition coefficient (Wildman–Crippen LogP) is 2.88. The van der Waals surface area contributed by atoms with Gasteiger partial charge in [0.1, 0.15) is 11.4 Å². The van der Waals surface area contributed by atoms with Crippen LogP contribution in [0.2, 0.25) is 0 Å². The molecule has 1 unspecified atom stereocenters. The van der Waals surface area contributed by atoms with Gasteiger partial charge in [0.15, 0.2) is 5.78 Å². The van der Waals surface area contributed by atoms with E-state index in [1.54, 1.807) is 11.0 Å². The first-order valence-electron chi connectivity index (χ1n) is 9.38. The number of carbonyl (C=O) groups is 2. The number of ketones is 1. The molecule has 1 amide bonds. The Bertz CT molecular complexity index is 966. The summed E-state index contributed by atoms with van der Waals surface area (Å²) >= 11 is 0. The summed E-state index contributed by atoms with van der Waals surface area (Å²) in [5.74, 6) is -0.677. The van der Waals surface area contributed by atoms with E-state index in [9.17, 15) is 18.8 Å². The van der Waals surface area contributed by atoms with Crippen LogP contribution in [0.4, 0.5) is 4.39 Å². The average Bonchev–Trinajstić information content (AvgIpc) is 3.09. The van der Waals surface area contributed by atoms with Crippen molar-refractivity contribution in [3.8, 4) is 0 Å². The van der Waals surface area contributed by atoms with E-state index in [1.165, 1.54) is 18.2 Å². The number of likely N-dealkylation sites (tertiary alicyclic amines) is 1. The van der Waals surface area contributed by atoms with Crippen molar-refractivity contribution < 1.29 is 14.0 Å². The maximum absolute atomic E-state index is 13.5. The standard InChI is InChI=1S/C21H21FN2O3/c22-14-5-1-4-13(10-14)11-15-6-3-9-24(15)21(27)17-12-16-18(23-20(17)26)7-2-8-19(16)25/h1,4-5,10,12,15H,2-3,6-9,11H2,(H,23,26). The van der Waals surface area contributed by atoms with E-state index in [0.29, 0.717) is 37.1 Å². The number of nitrogens with zero attached hydrogens (tertiary/aromatic N) is 1. The van der Waals surface area contributed by atoms with Crippen LogP contribution >= 0.6 is 0 Å². The zero-order valence-corrected chi connectivity index (χ0v) is 15.0. The summed E-state index contributed by atoms with van der Waals surface area (Å²) < 4.78 is 13.5. The average molecular weight is 368 g/mol. The second-order valence-corrected chi connectivity index (χ2v) is 7.31. The Morgan fingerprint density at radius 2 is 2.04 bits per heavy atom. The zero-order valence-electron chi connectivity index (χ0n) is 15.0. The van der Waals surface area contributed by atoms with Gasteiger partial charge in [-0.1, -0.05) is 12.1 Å². The van der Waals surface area contributed by atoms with Crippen LogP contribution in [0.15, 0.2) is 35.1 Å². The third-order valence-corrected chi connectivity index (χ3v) is 5.48. The van der Waals surface area contributed by atoms with Crippen molar-refractivity contribution in [1.29, 1.82) is 0 Å². The molecule has 1 atom stereocenters. The topological polar surface area (TPSA) is 70.2 Å². The summed E-state index contributed by atoms with van der Waals surface area (Å²) in [7, 11) is 0. The van der Waals surface area contributed by atoms with E-state index in [2.05, 4.69) is 4.98 Å². The van der Waals surface area contributed by atoms with Crippen molar-refractivity contribution in [2.24, 2.45) is 0 Å². The number of aromatic nitrogens is 1. The summed E-state index contributed by atoms with van der Waals surface area (Å²) in [5.41, 5.74) is 1.50. The van der Waals surface area contributed by atoms with E-state index in [4.69, 9.17) is 0 Å². The van der Waals surface area contributed by atoms with Gasteiger partial charge in [-0.2, -0.15) is 0 Å². The highest BCUT2D eigenvalue weighted by Crippen LogP contribution is 2.24. The molecule has 1 fully saturated rings. The molecule has 6 heteroatoms. The van der Waals surface area contributed by atoms with Gasteiger partial charge in [-0.3, -0.25) is 14.4 Å². The summed E-state index contributed by atoms with van der Waals surface area (Å²) in [6.45, 7) is 0.559. The highest BCUT2D eigenvalue weighted by Gasteiger charge is 2.32. The first kappa shape index (κ1) is 17.6. The number of carbonyl (C=O) groups excluding carboxylic acids is 2. The number of hydrogen-bond acceptors (Lipinski definition) is 3. The maximum Gasteiger partial charge on any atom is 0.261 e. The molecule has 1 aromatic carbocycles. The minimum Gasteiger partial charge on any atom is -0.335 e. The molecular weight excluding hydrogens is 347 g/mol. The van der Waals surface area contributed by atoms with E-state index >= 15 is 0 Å². The Kier molecular flexibility index (Phi) is 4.64. The van der Waals surface area contributed by atoms with Crippen molar-refractivity contribution in [3.05, 3.63) is 68.9 Å². The smallest absolute Gasteiger partial charge is 0.261 e. The molecular formula is C21H21FN2O3. The van der Waals surface area contributed by atoms with Crippen molar-refractivity contribution in [2.75, 3.05) is 6.54 Å². The van der Waals surface area contributed by atoms with Gasteiger partial charge in [-0.25, -0.2) is 4.39 Å². The number of halogens is 1. The van der Waals surface area contributed by atoms with Gasteiger partial charge in [0.2, 0.25) is 0 Å². The highest BCUT2D eigenvalue weighted by atomic mass is 19.1. The number of amides is 1. The van der Waals surface area contributed by atoms with Gasteiger partial charge in [-0.15, -0.1) is 0 Å². The number of fused-ring (bicyclic) bond motifs is 1. The zero-order chi connectivity index (χ0) is 19.0. The fourth-order valence-electron chi connectivity index (χ4n) is 4.14. The quantitative estimate of drug-likeness (QED) is 0.906. The number of hydrogen-bond donors (Lipinski definition) is 1. The van der Waals surface area contributed by atoms with Crippen molar-refractivity contribution in [2.45, 2.75) is 44.6 Å². The molecule has 2 aromatic rings. The van der Waals surface area contributed by atoms with Gasteiger partial charge in [0, 0.05) is 30.3 Å². The molecule has 1 saturated heterocycles. The monoisotopic (exact) mass is 368 g/mol. The van der Waals surface area contributed by atoms with Gasteiger partial charge in [0.25, 0.3) is 11.5 Å². The Hall–Kier alpha value is -2.76. The van der Waals surface area contributed by atoms with Crippen LogP contribution in [0.25, 0.3) is 0 Å². The minimum absolute atomic E-state index is 0.0233. The summed E-state index contributed by atoms with van der Waals surface area (Å²) in [6, 6.07) is 7.76. The molecule has 0 bridgehead atoms. The summed E-state index contributed by atoms with van der Waals surface area (Å²) in [6.07, 6.45) is 4.01. The Balaban J connectivity index is 1.61. The predicted molar refractivity (Wildman–Crippen MR) is 98.5 cm³/mol. The molecule has 27 heavy (non-hydrogen) atoms. The minimum atomic E-state index is -0.440. The van der Waals surface area contributed by atoms with Crippen LogP contribution in [0.3, 0.4) is 0 Å². The molecule has 0 spiro atoms. The lowest BCUT2D eigenvalue weighted by Gasteiger charge is -2.25. The fourth-order valence-corrected chi connectivity index (χ4v) is 4.14. The van der Waals surface area contributed by atoms with E-state index in [1.807, 2.05) is 6.07 Å². The molecule has 140 valence electrons. The van der Waals surface area contributed by atoms with Crippen LogP contribution < -0.4 is 5.56 Å². The molecule has 1 aromatic heterocycles. The Labute approximate surface area is 156 Å². The molecule has 0 saturated carbocycles. The lowest BCUT2D eigenvalue weighted by Crippen LogP contribution is -2.40. The van der Waals surface area contributed by atoms with Crippen LogP contribution in [0.5, 0.6) is 0 Å². The maximum atomic E-state index is 13.5. The molecule has 1 aliphatic heterocycles. The SMILES string of the molecule is O=C1CCCc2[nH]c(=O)c(C(=O)N3CCCC3Cc3cccc(F)c3)cc21. The lowest BCUT2D eigenvalue weighted by atomic mass is 9.93. The first-order valence-corrected chi connectivity index (χ1v) is 9.38. The van der Waals surface area contributed by atoms with E-state index in [-0.39, 0.29) is 29.1 Å². The second-order valence-electron chi connectivity index (χ2n) is 7.31. The largest absolute Gasteiger partial charge is 0.335 e. The summed E-state index contributed by atoms with van der Waals surface area (Å²) in [4.78, 5) is 42.1. The van der Waals surface area contributed by atoms with Gasteiger partial charge in [0.05, 0.1) is 0 Å². The molecule has 1 aliphatic carbocycles. The van der Waals surface area contributed by atoms with Crippen LogP contribution in [-0.4, -0.2) is 34.2 Å². The molecule has 1 N–H and O–H groups in total. The molecule has 5 nitrogen and oxygen atoms in total. The number of nitrogens with one attached hydrogen (secondary N) is 1. The number of Topliss-reactive ketones (excluding diaryl/α,β-unsaturated/α-hetero) is 1. The van der Waals surface area contributed by atoms with Gasteiger partial charge < -0.3 is 9.88 Å². The van der Waals surface area contributed by atoms with Crippen molar-refractivity contribution >= 4 is 11.7 Å². The van der Waals surface area contributed by atoms with Crippen LogP contribution in [0, 0.1) is 5.82 Å². The number of aromatic amines is 1. The Morgan fingerprint density at radius 3 is 2.85 bits per heavy atom. The molecule has 2 aliphatic rings. The highest BCUT2D eigenvalue weighted by molar-refractivity contribution is 6.01. The van der Waals surface area contributed by atoms with E-state index < -0.39 is 5.56 Å². The lowest BCUT2D eigenvalue weighted by molar-refractivity contribution is 0.0734. The number of rotatable bonds is 3. The number of aryl methyl sites for hydroxylation is 1. The number of pyridine rings is 1. The molecule has 2 heterocycles. The van der Waals surface area contributed by atoms with E-state index in [0.717, 1.165) is 24.8 Å². The normalized spacial score (nSPS) is 19.2. The third-order valence-electron chi connectivity index (χ3n) is 5.48. The van der Waals surface area contributed by atoms with Crippen molar-refractivity contribution in [1.82, 2.24) is 9.88 Å². The first-order chi connectivity index (χ1) is 13.0. The van der Waals surface area contributed by atoms with Crippen LogP contribution in [0.1, 0.15) is 57.7 Å². The third kappa shape index (κ3) is 3.44. The Morgan fingerprint density at radius 1 is 1.19 bits per heavy atom. The van der Waals surface area contributed by atoms with Crippen molar-refractivity contribution in [3.63, 3.8) is 0 Å². The molecule has 4 rings (SSSR count). The van der Waals surface area contributed by atoms with Gasteiger partial charge in [-0.05, 0) is 55.9 Å². The van der Waals surface area contributed by atoms with Gasteiger partial charge >= 0.3 is 0 Å². The molecule has 0 radical (unpaired) electrons. The number of benzene rings is 1. The fraction of sp³-hybridized carbons (Fsp3) is 0.381. The summed E-state index contributed by atoms with van der Waals surface area (Å²) in [5, 5.41) is 0.